The maximum Gasteiger partial charge on any atom is 0.325 e. The average Bonchev–Trinajstić information content (AvgIpc) is 2.76. The summed E-state index contributed by atoms with van der Waals surface area (Å²) in [7, 11) is 0. The lowest BCUT2D eigenvalue weighted by atomic mass is 9.91. The van der Waals surface area contributed by atoms with Crippen LogP contribution in [0.1, 0.15) is 18.1 Å². The number of urea groups is 1. The van der Waals surface area contributed by atoms with Gasteiger partial charge >= 0.3 is 6.03 Å². The Morgan fingerprint density at radius 1 is 1.04 bits per heavy atom. The molecule has 2 aromatic rings. The summed E-state index contributed by atoms with van der Waals surface area (Å²) in [4.78, 5) is 25.6. The van der Waals surface area contributed by atoms with Crippen molar-refractivity contribution in [3.05, 3.63) is 71.0 Å². The highest BCUT2D eigenvalue weighted by atomic mass is 19.1. The Balaban J connectivity index is 1.96. The van der Waals surface area contributed by atoms with E-state index < -0.39 is 34.9 Å². The van der Waals surface area contributed by atoms with Gasteiger partial charge in [0.1, 0.15) is 23.0 Å². The number of carbonyl (C=O) groups is 2. The molecule has 1 N–H and O–H groups in total. The van der Waals surface area contributed by atoms with Gasteiger partial charge in [0.2, 0.25) is 0 Å². The van der Waals surface area contributed by atoms with Gasteiger partial charge in [-0.25, -0.2) is 18.0 Å². The number of rotatable bonds is 3. The van der Waals surface area contributed by atoms with E-state index in [1.807, 2.05) is 0 Å². The van der Waals surface area contributed by atoms with Crippen molar-refractivity contribution >= 4 is 11.9 Å². The smallest absolute Gasteiger partial charge is 0.319 e. The summed E-state index contributed by atoms with van der Waals surface area (Å²) in [5.41, 5.74) is -1.89. The largest absolute Gasteiger partial charge is 0.325 e. The van der Waals surface area contributed by atoms with Crippen molar-refractivity contribution in [2.75, 3.05) is 0 Å². The quantitative estimate of drug-likeness (QED) is 0.877. The topological polar surface area (TPSA) is 49.4 Å². The van der Waals surface area contributed by atoms with Crippen LogP contribution in [0.15, 0.2) is 42.5 Å². The first kappa shape index (κ1) is 16.0. The van der Waals surface area contributed by atoms with Gasteiger partial charge in [-0.05, 0) is 31.2 Å². The number of halogens is 3. The molecule has 0 spiro atoms. The number of carbonyl (C=O) groups excluding carboxylic acids is 2. The number of benzene rings is 2. The van der Waals surface area contributed by atoms with Crippen LogP contribution in [0.25, 0.3) is 0 Å². The molecular weight excluding hydrogens is 321 g/mol. The Kier molecular flexibility index (Phi) is 3.79. The fraction of sp³-hybridized carbons (Fsp3) is 0.176. The molecule has 0 radical (unpaired) electrons. The standard InChI is InChI=1S/C17H13F3N2O2/c1-17(12-8-11(18)6-7-14(12)20)15(23)22(16(24)21-17)9-10-4-2-3-5-13(10)19/h2-8H,9H2,1H3,(H,21,24)/t17-/m0/s1. The van der Waals surface area contributed by atoms with Crippen LogP contribution in [0.5, 0.6) is 0 Å². The molecule has 3 amide bonds. The predicted molar refractivity (Wildman–Crippen MR) is 79.2 cm³/mol. The van der Waals surface area contributed by atoms with Crippen molar-refractivity contribution in [1.82, 2.24) is 10.2 Å². The van der Waals surface area contributed by atoms with Crippen molar-refractivity contribution in [2.45, 2.75) is 19.0 Å². The molecular formula is C17H13F3N2O2. The highest BCUT2D eigenvalue weighted by molar-refractivity contribution is 6.07. The van der Waals surface area contributed by atoms with Gasteiger partial charge in [-0.15, -0.1) is 0 Å². The number of nitrogens with one attached hydrogen (secondary N) is 1. The molecule has 24 heavy (non-hydrogen) atoms. The highest BCUT2D eigenvalue weighted by Crippen LogP contribution is 2.32. The maximum atomic E-state index is 14.0. The summed E-state index contributed by atoms with van der Waals surface area (Å²) >= 11 is 0. The van der Waals surface area contributed by atoms with Crippen LogP contribution in [-0.2, 0) is 16.9 Å². The number of imide groups is 1. The molecule has 1 aliphatic rings. The van der Waals surface area contributed by atoms with Crippen LogP contribution in [0, 0.1) is 17.5 Å². The number of hydrogen-bond acceptors (Lipinski definition) is 2. The van der Waals surface area contributed by atoms with Gasteiger partial charge in [0.15, 0.2) is 0 Å². The normalized spacial score (nSPS) is 20.4. The summed E-state index contributed by atoms with van der Waals surface area (Å²) in [6.45, 7) is 0.982. The summed E-state index contributed by atoms with van der Waals surface area (Å²) < 4.78 is 41.2. The molecule has 124 valence electrons. The van der Waals surface area contributed by atoms with Gasteiger partial charge in [-0.2, -0.15) is 0 Å². The van der Waals surface area contributed by atoms with E-state index in [1.165, 1.54) is 25.1 Å². The fourth-order valence-corrected chi connectivity index (χ4v) is 2.70. The number of amides is 3. The molecule has 1 saturated heterocycles. The van der Waals surface area contributed by atoms with E-state index in [0.717, 1.165) is 23.1 Å². The van der Waals surface area contributed by atoms with Crippen LogP contribution in [0.3, 0.4) is 0 Å². The molecule has 3 rings (SSSR count). The Morgan fingerprint density at radius 2 is 1.75 bits per heavy atom. The first-order valence-corrected chi connectivity index (χ1v) is 7.16. The monoisotopic (exact) mass is 334 g/mol. The average molecular weight is 334 g/mol. The van der Waals surface area contributed by atoms with Crippen molar-refractivity contribution in [3.63, 3.8) is 0 Å². The van der Waals surface area contributed by atoms with Gasteiger partial charge in [0.05, 0.1) is 6.54 Å². The molecule has 0 bridgehead atoms. The number of hydrogen-bond donors (Lipinski definition) is 1. The van der Waals surface area contributed by atoms with Crippen molar-refractivity contribution in [3.8, 4) is 0 Å². The SMILES string of the molecule is C[C@@]1(c2cc(F)ccc2F)NC(=O)N(Cc2ccccc2F)C1=O. The summed E-state index contributed by atoms with van der Waals surface area (Å²) in [5, 5.41) is 2.36. The molecule has 2 aromatic carbocycles. The lowest BCUT2D eigenvalue weighted by Crippen LogP contribution is -2.41. The Labute approximate surface area is 135 Å². The molecule has 1 aliphatic heterocycles. The highest BCUT2D eigenvalue weighted by Gasteiger charge is 2.50. The first-order chi connectivity index (χ1) is 11.3. The lowest BCUT2D eigenvalue weighted by Gasteiger charge is -2.23. The van der Waals surface area contributed by atoms with E-state index in [4.69, 9.17) is 0 Å². The first-order valence-electron chi connectivity index (χ1n) is 7.16. The van der Waals surface area contributed by atoms with Crippen molar-refractivity contribution in [1.29, 1.82) is 0 Å². The van der Waals surface area contributed by atoms with E-state index in [2.05, 4.69) is 5.32 Å². The van der Waals surface area contributed by atoms with E-state index in [1.54, 1.807) is 6.07 Å². The molecule has 0 aliphatic carbocycles. The van der Waals surface area contributed by atoms with Crippen LogP contribution in [0.2, 0.25) is 0 Å². The van der Waals surface area contributed by atoms with E-state index in [-0.39, 0.29) is 17.7 Å². The zero-order valence-corrected chi connectivity index (χ0v) is 12.6. The zero-order chi connectivity index (χ0) is 17.5. The van der Waals surface area contributed by atoms with Crippen molar-refractivity contribution < 1.29 is 22.8 Å². The summed E-state index contributed by atoms with van der Waals surface area (Å²) in [6, 6.07) is 7.57. The predicted octanol–water partition coefficient (Wildman–Crippen LogP) is 3.07. The second-order valence-corrected chi connectivity index (χ2v) is 5.66. The van der Waals surface area contributed by atoms with Gasteiger partial charge in [0, 0.05) is 11.1 Å². The Hall–Kier alpha value is -2.83. The van der Waals surface area contributed by atoms with Gasteiger partial charge in [-0.1, -0.05) is 18.2 Å². The second kappa shape index (κ2) is 5.67. The third-order valence-corrected chi connectivity index (χ3v) is 4.03. The Morgan fingerprint density at radius 3 is 2.46 bits per heavy atom. The van der Waals surface area contributed by atoms with Crippen LogP contribution < -0.4 is 5.32 Å². The molecule has 0 saturated carbocycles. The number of nitrogens with zero attached hydrogens (tertiary/aromatic N) is 1. The molecule has 0 unspecified atom stereocenters. The third-order valence-electron chi connectivity index (χ3n) is 4.03. The lowest BCUT2D eigenvalue weighted by molar-refractivity contribution is -0.131. The summed E-state index contributed by atoms with van der Waals surface area (Å²) in [6.07, 6.45) is 0. The minimum atomic E-state index is -1.76. The third kappa shape index (κ3) is 2.51. The molecule has 0 aromatic heterocycles. The summed E-state index contributed by atoms with van der Waals surface area (Å²) in [5.74, 6) is -2.90. The van der Waals surface area contributed by atoms with Gasteiger partial charge < -0.3 is 5.32 Å². The minimum absolute atomic E-state index is 0.143. The zero-order valence-electron chi connectivity index (χ0n) is 12.6. The molecule has 7 heteroatoms. The molecule has 1 fully saturated rings. The van der Waals surface area contributed by atoms with Crippen LogP contribution in [-0.4, -0.2) is 16.8 Å². The maximum absolute atomic E-state index is 14.0. The van der Waals surface area contributed by atoms with Crippen LogP contribution >= 0.6 is 0 Å². The molecule has 4 nitrogen and oxygen atoms in total. The molecule has 1 heterocycles. The van der Waals surface area contributed by atoms with E-state index in [9.17, 15) is 22.8 Å². The van der Waals surface area contributed by atoms with Crippen molar-refractivity contribution in [2.24, 2.45) is 0 Å². The fourth-order valence-electron chi connectivity index (χ4n) is 2.70. The second-order valence-electron chi connectivity index (χ2n) is 5.66. The molecule has 1 atom stereocenters. The van der Waals surface area contributed by atoms with E-state index >= 15 is 0 Å². The minimum Gasteiger partial charge on any atom is -0.319 e. The van der Waals surface area contributed by atoms with Gasteiger partial charge in [0.25, 0.3) is 5.91 Å². The van der Waals surface area contributed by atoms with Crippen LogP contribution in [0.4, 0.5) is 18.0 Å². The van der Waals surface area contributed by atoms with E-state index in [0.29, 0.717) is 0 Å². The Bertz CT molecular complexity index is 840. The van der Waals surface area contributed by atoms with Gasteiger partial charge in [-0.3, -0.25) is 9.69 Å².